The highest BCUT2D eigenvalue weighted by Crippen LogP contribution is 2.11. The van der Waals surface area contributed by atoms with Gasteiger partial charge in [-0.1, -0.05) is 12.8 Å². The first kappa shape index (κ1) is 15.0. The first-order chi connectivity index (χ1) is 8.44. The van der Waals surface area contributed by atoms with Crippen molar-refractivity contribution in [2.45, 2.75) is 51.5 Å². The van der Waals surface area contributed by atoms with Gasteiger partial charge in [0.2, 0.25) is 11.8 Å². The largest absolute Gasteiger partial charge is 0.348 e. The van der Waals surface area contributed by atoms with Crippen LogP contribution in [-0.4, -0.2) is 41.9 Å². The second-order valence-electron chi connectivity index (χ2n) is 5.62. The molecule has 0 aromatic rings. The summed E-state index contributed by atoms with van der Waals surface area (Å²) in [4.78, 5) is 25.4. The molecule has 5 nitrogen and oxygen atoms in total. The highest BCUT2D eigenvalue weighted by Gasteiger charge is 2.22. The summed E-state index contributed by atoms with van der Waals surface area (Å²) in [6, 6.07) is 0. The minimum Gasteiger partial charge on any atom is -0.348 e. The van der Waals surface area contributed by atoms with E-state index in [1.165, 1.54) is 0 Å². The molecular formula is C13H25N3O2. The van der Waals surface area contributed by atoms with Crippen molar-refractivity contribution in [1.82, 2.24) is 10.2 Å². The van der Waals surface area contributed by atoms with Crippen LogP contribution >= 0.6 is 0 Å². The SMILES string of the molecule is CC(C)(CN)NC(=O)CN1CCCCCCC1=O. The number of nitrogens with zero attached hydrogens (tertiary/aromatic N) is 1. The summed E-state index contributed by atoms with van der Waals surface area (Å²) in [5.41, 5.74) is 5.15. The molecule has 0 spiro atoms. The van der Waals surface area contributed by atoms with Gasteiger partial charge in [0.25, 0.3) is 0 Å². The predicted octanol–water partition coefficient (Wildman–Crippen LogP) is 0.633. The van der Waals surface area contributed by atoms with Crippen LogP contribution in [0, 0.1) is 0 Å². The number of nitrogens with one attached hydrogen (secondary N) is 1. The van der Waals surface area contributed by atoms with Crippen molar-refractivity contribution in [3.05, 3.63) is 0 Å². The minimum atomic E-state index is -0.414. The number of carbonyl (C=O) groups excluding carboxylic acids is 2. The van der Waals surface area contributed by atoms with Gasteiger partial charge in [-0.25, -0.2) is 0 Å². The summed E-state index contributed by atoms with van der Waals surface area (Å²) in [5, 5.41) is 2.85. The average molecular weight is 255 g/mol. The van der Waals surface area contributed by atoms with Gasteiger partial charge >= 0.3 is 0 Å². The third kappa shape index (κ3) is 5.04. The van der Waals surface area contributed by atoms with Gasteiger partial charge in [-0.2, -0.15) is 0 Å². The number of hydrogen-bond acceptors (Lipinski definition) is 3. The number of nitrogens with two attached hydrogens (primary N) is 1. The Kier molecular flexibility index (Phi) is 5.59. The minimum absolute atomic E-state index is 0.0930. The van der Waals surface area contributed by atoms with Gasteiger partial charge < -0.3 is 16.0 Å². The van der Waals surface area contributed by atoms with E-state index in [2.05, 4.69) is 5.32 Å². The first-order valence-electron chi connectivity index (χ1n) is 6.73. The lowest BCUT2D eigenvalue weighted by atomic mass is 10.1. The molecule has 2 amide bonds. The standard InChI is InChI=1S/C13H25N3O2/c1-13(2,10-14)15-11(17)9-16-8-6-4-3-5-7-12(16)18/h3-10,14H2,1-2H3,(H,15,17). The molecule has 0 saturated carbocycles. The molecule has 1 aliphatic rings. The highest BCUT2D eigenvalue weighted by atomic mass is 16.2. The number of carbonyl (C=O) groups is 2. The molecule has 1 rings (SSSR count). The lowest BCUT2D eigenvalue weighted by Gasteiger charge is -2.28. The number of hydrogen-bond donors (Lipinski definition) is 2. The zero-order valence-electron chi connectivity index (χ0n) is 11.5. The molecule has 104 valence electrons. The van der Waals surface area contributed by atoms with Crippen LogP contribution in [0.2, 0.25) is 0 Å². The normalized spacial score (nSPS) is 18.2. The van der Waals surface area contributed by atoms with Crippen LogP contribution in [0.25, 0.3) is 0 Å². The van der Waals surface area contributed by atoms with Crippen molar-refractivity contribution in [1.29, 1.82) is 0 Å². The Labute approximate surface area is 109 Å². The van der Waals surface area contributed by atoms with Gasteiger partial charge in [0.15, 0.2) is 0 Å². The van der Waals surface area contributed by atoms with E-state index in [0.717, 1.165) is 25.7 Å². The smallest absolute Gasteiger partial charge is 0.240 e. The maximum atomic E-state index is 11.9. The van der Waals surface area contributed by atoms with Crippen molar-refractivity contribution in [3.63, 3.8) is 0 Å². The molecule has 3 N–H and O–H groups in total. The molecule has 0 aromatic heterocycles. The molecule has 0 unspecified atom stereocenters. The fourth-order valence-electron chi connectivity index (χ4n) is 2.02. The fourth-order valence-corrected chi connectivity index (χ4v) is 2.02. The Morgan fingerprint density at radius 1 is 1.33 bits per heavy atom. The van der Waals surface area contributed by atoms with Gasteiger partial charge in [0.05, 0.1) is 6.54 Å². The Hall–Kier alpha value is -1.10. The predicted molar refractivity (Wildman–Crippen MR) is 70.9 cm³/mol. The van der Waals surface area contributed by atoms with Gasteiger partial charge in [-0.15, -0.1) is 0 Å². The van der Waals surface area contributed by atoms with Crippen molar-refractivity contribution >= 4 is 11.8 Å². The molecule has 1 aliphatic heterocycles. The van der Waals surface area contributed by atoms with E-state index in [9.17, 15) is 9.59 Å². The number of rotatable bonds is 4. The van der Waals surface area contributed by atoms with Gasteiger partial charge in [-0.3, -0.25) is 9.59 Å². The average Bonchev–Trinajstić information content (AvgIpc) is 2.28. The van der Waals surface area contributed by atoms with Crippen LogP contribution in [-0.2, 0) is 9.59 Å². The Bertz CT molecular complexity index is 303. The van der Waals surface area contributed by atoms with E-state index in [4.69, 9.17) is 5.73 Å². The van der Waals surface area contributed by atoms with E-state index >= 15 is 0 Å². The molecule has 0 radical (unpaired) electrons. The maximum Gasteiger partial charge on any atom is 0.240 e. The van der Waals surface area contributed by atoms with Crippen molar-refractivity contribution < 1.29 is 9.59 Å². The molecule has 1 fully saturated rings. The van der Waals surface area contributed by atoms with Gasteiger partial charge in [0, 0.05) is 25.0 Å². The van der Waals surface area contributed by atoms with Gasteiger partial charge in [-0.05, 0) is 26.7 Å². The molecular weight excluding hydrogens is 230 g/mol. The summed E-state index contributed by atoms with van der Waals surface area (Å²) in [5.74, 6) is -0.0326. The van der Waals surface area contributed by atoms with Crippen molar-refractivity contribution in [2.24, 2.45) is 5.73 Å². The monoisotopic (exact) mass is 255 g/mol. The summed E-state index contributed by atoms with van der Waals surface area (Å²) < 4.78 is 0. The molecule has 18 heavy (non-hydrogen) atoms. The lowest BCUT2D eigenvalue weighted by molar-refractivity contribution is -0.137. The van der Waals surface area contributed by atoms with Crippen LogP contribution in [0.1, 0.15) is 46.0 Å². The van der Waals surface area contributed by atoms with Crippen molar-refractivity contribution in [2.75, 3.05) is 19.6 Å². The Morgan fingerprint density at radius 3 is 2.67 bits per heavy atom. The van der Waals surface area contributed by atoms with Crippen molar-refractivity contribution in [3.8, 4) is 0 Å². The highest BCUT2D eigenvalue weighted by molar-refractivity contribution is 5.85. The molecule has 0 aliphatic carbocycles. The van der Waals surface area contributed by atoms with E-state index in [0.29, 0.717) is 19.5 Å². The fraction of sp³-hybridized carbons (Fsp3) is 0.846. The first-order valence-corrected chi connectivity index (χ1v) is 6.73. The number of likely N-dealkylation sites (tertiary alicyclic amines) is 1. The molecule has 1 heterocycles. The summed E-state index contributed by atoms with van der Waals surface area (Å²) >= 11 is 0. The Morgan fingerprint density at radius 2 is 2.00 bits per heavy atom. The van der Waals surface area contributed by atoms with E-state index in [1.54, 1.807) is 4.90 Å². The molecule has 0 bridgehead atoms. The van der Waals surface area contributed by atoms with Crippen LogP contribution in [0.4, 0.5) is 0 Å². The molecule has 5 heteroatoms. The van der Waals surface area contributed by atoms with E-state index in [1.807, 2.05) is 13.8 Å². The third-order valence-electron chi connectivity index (χ3n) is 3.24. The summed E-state index contributed by atoms with van der Waals surface area (Å²) in [6.45, 7) is 4.98. The van der Waals surface area contributed by atoms with Crippen LogP contribution < -0.4 is 11.1 Å². The second kappa shape index (κ2) is 6.73. The maximum absolute atomic E-state index is 11.9. The molecule has 1 saturated heterocycles. The topological polar surface area (TPSA) is 75.4 Å². The zero-order chi connectivity index (χ0) is 13.6. The van der Waals surface area contributed by atoms with Crippen LogP contribution in [0.5, 0.6) is 0 Å². The quantitative estimate of drug-likeness (QED) is 0.774. The number of amides is 2. The van der Waals surface area contributed by atoms with Crippen LogP contribution in [0.15, 0.2) is 0 Å². The second-order valence-corrected chi connectivity index (χ2v) is 5.62. The lowest BCUT2D eigenvalue weighted by Crippen LogP contribution is -2.52. The van der Waals surface area contributed by atoms with Gasteiger partial charge in [0.1, 0.15) is 0 Å². The summed E-state index contributed by atoms with van der Waals surface area (Å²) in [6.07, 6.45) is 4.74. The molecule has 0 atom stereocenters. The molecule has 0 aromatic carbocycles. The van der Waals surface area contributed by atoms with Crippen LogP contribution in [0.3, 0.4) is 0 Å². The zero-order valence-corrected chi connectivity index (χ0v) is 11.5. The third-order valence-corrected chi connectivity index (χ3v) is 3.24. The summed E-state index contributed by atoms with van der Waals surface area (Å²) in [7, 11) is 0. The Balaban J connectivity index is 2.48. The van der Waals surface area contributed by atoms with E-state index < -0.39 is 5.54 Å². The van der Waals surface area contributed by atoms with E-state index in [-0.39, 0.29) is 18.4 Å².